The van der Waals surface area contributed by atoms with Gasteiger partial charge in [-0.25, -0.2) is 0 Å². The number of allylic oxidation sites excluding steroid dienone is 3. The maximum Gasteiger partial charge on any atom is 0.162 e. The van der Waals surface area contributed by atoms with Crippen molar-refractivity contribution >= 4 is 5.78 Å². The Morgan fingerprint density at radius 2 is 2.33 bits per heavy atom. The van der Waals surface area contributed by atoms with E-state index < -0.39 is 6.10 Å². The summed E-state index contributed by atoms with van der Waals surface area (Å²) in [6, 6.07) is 0. The molecule has 1 atom stereocenters. The Kier molecular flexibility index (Phi) is 2.82. The maximum atomic E-state index is 11.2. The Morgan fingerprint density at radius 3 is 2.75 bits per heavy atom. The molecule has 0 aromatic heterocycles. The van der Waals surface area contributed by atoms with Crippen LogP contribution in [0.3, 0.4) is 0 Å². The average molecular weight is 166 g/mol. The molecule has 0 radical (unpaired) electrons. The number of aliphatic hydroxyl groups is 1. The lowest BCUT2D eigenvalue weighted by atomic mass is 10.1. The van der Waals surface area contributed by atoms with Crippen LogP contribution in [0.4, 0.5) is 0 Å². The van der Waals surface area contributed by atoms with Gasteiger partial charge in [0.25, 0.3) is 0 Å². The summed E-state index contributed by atoms with van der Waals surface area (Å²) in [5.41, 5.74) is 1.64. The Balaban J connectivity index is 2.78. The summed E-state index contributed by atoms with van der Waals surface area (Å²) in [4.78, 5) is 11.2. The molecule has 0 fully saturated rings. The summed E-state index contributed by atoms with van der Waals surface area (Å²) >= 11 is 0. The Bertz CT molecular complexity index is 249. The van der Waals surface area contributed by atoms with Gasteiger partial charge in [-0.1, -0.05) is 12.2 Å². The predicted molar refractivity (Wildman–Crippen MR) is 47.8 cm³/mol. The van der Waals surface area contributed by atoms with Crippen molar-refractivity contribution in [2.45, 2.75) is 32.8 Å². The molecule has 66 valence electrons. The molecule has 0 aromatic rings. The number of aliphatic hydroxyl groups excluding tert-OH is 1. The lowest BCUT2D eigenvalue weighted by Crippen LogP contribution is -2.03. The van der Waals surface area contributed by atoms with Crippen LogP contribution in [-0.2, 0) is 4.79 Å². The first kappa shape index (κ1) is 9.20. The number of carbonyl (C=O) groups is 1. The minimum absolute atomic E-state index is 0.0955. The molecule has 0 bridgehead atoms. The highest BCUT2D eigenvalue weighted by atomic mass is 16.3. The van der Waals surface area contributed by atoms with Crippen molar-refractivity contribution in [2.75, 3.05) is 0 Å². The Morgan fingerprint density at radius 1 is 1.67 bits per heavy atom. The van der Waals surface area contributed by atoms with Crippen LogP contribution in [0.1, 0.15) is 26.7 Å². The fraction of sp³-hybridized carbons (Fsp3) is 0.500. The molecule has 0 saturated carbocycles. The fourth-order valence-electron chi connectivity index (χ4n) is 1.38. The monoisotopic (exact) mass is 166 g/mol. The largest absolute Gasteiger partial charge is 0.388 e. The highest BCUT2D eigenvalue weighted by Crippen LogP contribution is 2.25. The minimum atomic E-state index is -0.530. The van der Waals surface area contributed by atoms with Gasteiger partial charge in [-0.3, -0.25) is 4.79 Å². The second kappa shape index (κ2) is 3.68. The molecule has 0 spiro atoms. The van der Waals surface area contributed by atoms with Gasteiger partial charge >= 0.3 is 0 Å². The van der Waals surface area contributed by atoms with Crippen LogP contribution < -0.4 is 0 Å². The summed E-state index contributed by atoms with van der Waals surface area (Å²) in [6.07, 6.45) is 4.27. The smallest absolute Gasteiger partial charge is 0.162 e. The van der Waals surface area contributed by atoms with Gasteiger partial charge < -0.3 is 5.11 Å². The van der Waals surface area contributed by atoms with Crippen LogP contribution in [0.2, 0.25) is 0 Å². The topological polar surface area (TPSA) is 37.3 Å². The molecular formula is C10H14O2. The molecule has 1 N–H and O–H groups in total. The van der Waals surface area contributed by atoms with Crippen molar-refractivity contribution in [3.05, 3.63) is 23.3 Å². The number of ketones is 1. The molecule has 2 heteroatoms. The second-order valence-electron chi connectivity index (χ2n) is 3.08. The lowest BCUT2D eigenvalue weighted by Gasteiger charge is -1.99. The van der Waals surface area contributed by atoms with Gasteiger partial charge in [0, 0.05) is 12.0 Å². The van der Waals surface area contributed by atoms with E-state index in [1.54, 1.807) is 0 Å². The van der Waals surface area contributed by atoms with E-state index in [9.17, 15) is 9.90 Å². The van der Waals surface area contributed by atoms with E-state index in [0.717, 1.165) is 11.1 Å². The first-order valence-corrected chi connectivity index (χ1v) is 4.19. The average Bonchev–Trinajstić information content (AvgIpc) is 2.25. The molecule has 0 aliphatic heterocycles. The van der Waals surface area contributed by atoms with E-state index >= 15 is 0 Å². The first-order chi connectivity index (χ1) is 5.66. The molecule has 0 aromatic carbocycles. The highest BCUT2D eigenvalue weighted by molar-refractivity contribution is 5.99. The molecule has 1 unspecified atom stereocenters. The minimum Gasteiger partial charge on any atom is -0.388 e. The summed E-state index contributed by atoms with van der Waals surface area (Å²) < 4.78 is 0. The second-order valence-corrected chi connectivity index (χ2v) is 3.08. The van der Waals surface area contributed by atoms with Crippen LogP contribution in [0.5, 0.6) is 0 Å². The van der Waals surface area contributed by atoms with Gasteiger partial charge in [0.05, 0.1) is 6.10 Å². The van der Waals surface area contributed by atoms with E-state index in [2.05, 4.69) is 0 Å². The van der Waals surface area contributed by atoms with E-state index in [0.29, 0.717) is 6.42 Å². The van der Waals surface area contributed by atoms with Gasteiger partial charge in [0.1, 0.15) is 0 Å². The molecular weight excluding hydrogens is 152 g/mol. The van der Waals surface area contributed by atoms with E-state index in [-0.39, 0.29) is 12.2 Å². The van der Waals surface area contributed by atoms with Gasteiger partial charge in [0.15, 0.2) is 5.78 Å². The number of hydrogen-bond acceptors (Lipinski definition) is 2. The van der Waals surface area contributed by atoms with Gasteiger partial charge in [0.2, 0.25) is 0 Å². The SMILES string of the molecule is C/C=C\CC1=C(C)C(O)CC1=O. The first-order valence-electron chi connectivity index (χ1n) is 4.19. The third kappa shape index (κ3) is 1.64. The molecule has 1 aliphatic carbocycles. The fourth-order valence-corrected chi connectivity index (χ4v) is 1.38. The molecule has 12 heavy (non-hydrogen) atoms. The predicted octanol–water partition coefficient (Wildman–Crippen LogP) is 1.60. The summed E-state index contributed by atoms with van der Waals surface area (Å²) in [7, 11) is 0. The Labute approximate surface area is 72.6 Å². The van der Waals surface area contributed by atoms with Gasteiger partial charge in [-0.15, -0.1) is 0 Å². The summed E-state index contributed by atoms with van der Waals surface area (Å²) in [6.45, 7) is 3.75. The highest BCUT2D eigenvalue weighted by Gasteiger charge is 2.26. The van der Waals surface area contributed by atoms with Crippen LogP contribution in [0.15, 0.2) is 23.3 Å². The molecule has 1 rings (SSSR count). The van der Waals surface area contributed by atoms with Crippen LogP contribution >= 0.6 is 0 Å². The van der Waals surface area contributed by atoms with E-state index in [1.165, 1.54) is 0 Å². The molecule has 0 heterocycles. The summed E-state index contributed by atoms with van der Waals surface area (Å²) in [5.74, 6) is 0.0955. The van der Waals surface area contributed by atoms with Crippen molar-refractivity contribution in [3.63, 3.8) is 0 Å². The van der Waals surface area contributed by atoms with Crippen molar-refractivity contribution in [2.24, 2.45) is 0 Å². The van der Waals surface area contributed by atoms with Gasteiger partial charge in [-0.2, -0.15) is 0 Å². The van der Waals surface area contributed by atoms with Crippen molar-refractivity contribution < 1.29 is 9.90 Å². The van der Waals surface area contributed by atoms with Gasteiger partial charge in [-0.05, 0) is 25.8 Å². The quantitative estimate of drug-likeness (QED) is 0.633. The van der Waals surface area contributed by atoms with Crippen LogP contribution in [0, 0.1) is 0 Å². The molecule has 2 nitrogen and oxygen atoms in total. The summed E-state index contributed by atoms with van der Waals surface area (Å²) in [5, 5.41) is 9.34. The van der Waals surface area contributed by atoms with E-state index in [4.69, 9.17) is 0 Å². The van der Waals surface area contributed by atoms with Crippen LogP contribution in [-0.4, -0.2) is 17.0 Å². The number of carbonyl (C=O) groups excluding carboxylic acids is 1. The van der Waals surface area contributed by atoms with Crippen molar-refractivity contribution in [3.8, 4) is 0 Å². The number of hydrogen-bond donors (Lipinski definition) is 1. The molecule has 0 saturated heterocycles. The third-order valence-corrected chi connectivity index (χ3v) is 2.25. The normalized spacial score (nSPS) is 24.6. The zero-order valence-electron chi connectivity index (χ0n) is 7.50. The molecule has 0 amide bonds. The number of rotatable bonds is 2. The van der Waals surface area contributed by atoms with Crippen molar-refractivity contribution in [1.82, 2.24) is 0 Å². The third-order valence-electron chi connectivity index (χ3n) is 2.25. The molecule has 1 aliphatic rings. The van der Waals surface area contributed by atoms with Crippen LogP contribution in [0.25, 0.3) is 0 Å². The number of Topliss-reactive ketones (excluding diaryl/α,β-unsaturated/α-hetero) is 1. The van der Waals surface area contributed by atoms with Crippen molar-refractivity contribution in [1.29, 1.82) is 0 Å². The lowest BCUT2D eigenvalue weighted by molar-refractivity contribution is -0.115. The Hall–Kier alpha value is -0.890. The zero-order valence-corrected chi connectivity index (χ0v) is 7.50. The zero-order chi connectivity index (χ0) is 9.14. The maximum absolute atomic E-state index is 11.2. The van der Waals surface area contributed by atoms with E-state index in [1.807, 2.05) is 26.0 Å². The standard InChI is InChI=1S/C10H14O2/c1-3-4-5-8-7(2)9(11)6-10(8)12/h3-4,9,11H,5-6H2,1-2H3/b4-3-.